The Labute approximate surface area is 155 Å². The maximum absolute atomic E-state index is 6.17. The summed E-state index contributed by atoms with van der Waals surface area (Å²) in [5.74, 6) is 1.52. The van der Waals surface area contributed by atoms with Crippen LogP contribution in [-0.4, -0.2) is 9.97 Å². The number of halogens is 2. The molecule has 3 aromatic rings. The topological polar surface area (TPSA) is 37.8 Å². The van der Waals surface area contributed by atoms with E-state index in [-0.39, 0.29) is 5.28 Å². The van der Waals surface area contributed by atoms with Crippen LogP contribution in [0, 0.1) is 12.8 Å². The lowest BCUT2D eigenvalue weighted by Gasteiger charge is -2.18. The number of hydrogen-bond acceptors (Lipinski definition) is 4. The minimum atomic E-state index is 0.281. The molecular weight excluding hydrogens is 361 g/mol. The van der Waals surface area contributed by atoms with Gasteiger partial charge in [-0.2, -0.15) is 4.98 Å². The van der Waals surface area contributed by atoms with Crippen LogP contribution in [0.1, 0.15) is 29.3 Å². The van der Waals surface area contributed by atoms with Crippen LogP contribution >= 0.6 is 34.5 Å². The lowest BCUT2D eigenvalue weighted by molar-refractivity contribution is 0.509. The number of aromatic nitrogens is 2. The molecule has 4 rings (SSSR count). The number of hydrogen-bond donors (Lipinski definition) is 1. The normalized spacial score (nSPS) is 17.1. The highest BCUT2D eigenvalue weighted by atomic mass is 35.5. The van der Waals surface area contributed by atoms with Crippen LogP contribution in [0.5, 0.6) is 0 Å². The van der Waals surface area contributed by atoms with Gasteiger partial charge in [0.05, 0.1) is 5.39 Å². The summed E-state index contributed by atoms with van der Waals surface area (Å²) in [6.45, 7) is 4.33. The van der Waals surface area contributed by atoms with Crippen molar-refractivity contribution in [3.8, 4) is 0 Å². The first-order valence-electron chi connectivity index (χ1n) is 8.02. The number of aryl methyl sites for hydroxylation is 2. The number of anilines is 2. The maximum atomic E-state index is 6.17. The van der Waals surface area contributed by atoms with Crippen LogP contribution in [0.15, 0.2) is 18.2 Å². The van der Waals surface area contributed by atoms with Gasteiger partial charge in [-0.05, 0) is 73.0 Å². The molecule has 24 heavy (non-hydrogen) atoms. The molecule has 1 atom stereocenters. The van der Waals surface area contributed by atoms with Crippen molar-refractivity contribution in [3.63, 3.8) is 0 Å². The highest BCUT2D eigenvalue weighted by Crippen LogP contribution is 2.41. The summed E-state index contributed by atoms with van der Waals surface area (Å²) < 4.78 is 0. The third kappa shape index (κ3) is 2.87. The van der Waals surface area contributed by atoms with Crippen molar-refractivity contribution in [2.45, 2.75) is 33.1 Å². The summed E-state index contributed by atoms with van der Waals surface area (Å²) in [5, 5.41) is 5.58. The van der Waals surface area contributed by atoms with E-state index in [4.69, 9.17) is 23.2 Å². The van der Waals surface area contributed by atoms with Crippen LogP contribution in [-0.2, 0) is 12.8 Å². The predicted molar refractivity (Wildman–Crippen MR) is 103 cm³/mol. The van der Waals surface area contributed by atoms with E-state index in [9.17, 15) is 0 Å². The number of nitrogens with one attached hydrogen (secondary N) is 1. The van der Waals surface area contributed by atoms with E-state index in [0.717, 1.165) is 51.1 Å². The fraction of sp³-hybridized carbons (Fsp3) is 0.333. The van der Waals surface area contributed by atoms with Gasteiger partial charge in [-0.3, -0.25) is 0 Å². The first kappa shape index (κ1) is 16.1. The fourth-order valence-electron chi connectivity index (χ4n) is 3.30. The minimum Gasteiger partial charge on any atom is -0.339 e. The van der Waals surface area contributed by atoms with Gasteiger partial charge in [0.2, 0.25) is 5.28 Å². The molecule has 0 aliphatic heterocycles. The molecule has 0 bridgehead atoms. The predicted octanol–water partition coefficient (Wildman–Crippen LogP) is 6.17. The summed E-state index contributed by atoms with van der Waals surface area (Å²) in [6.07, 6.45) is 3.41. The van der Waals surface area contributed by atoms with Crippen LogP contribution < -0.4 is 5.32 Å². The Morgan fingerprint density at radius 2 is 2.08 bits per heavy atom. The second-order valence-corrected chi connectivity index (χ2v) is 8.32. The molecule has 2 aromatic heterocycles. The first-order chi connectivity index (χ1) is 11.5. The Bertz CT molecular complexity index is 936. The highest BCUT2D eigenvalue weighted by molar-refractivity contribution is 7.19. The summed E-state index contributed by atoms with van der Waals surface area (Å²) >= 11 is 14.0. The van der Waals surface area contributed by atoms with E-state index in [0.29, 0.717) is 0 Å². The molecule has 1 unspecified atom stereocenters. The average Bonchev–Trinajstić information content (AvgIpc) is 2.86. The molecule has 1 N–H and O–H groups in total. The first-order valence-corrected chi connectivity index (χ1v) is 9.59. The van der Waals surface area contributed by atoms with E-state index in [1.807, 2.05) is 25.1 Å². The Hall–Kier alpha value is -1.36. The molecule has 1 aliphatic rings. The molecule has 0 saturated carbocycles. The van der Waals surface area contributed by atoms with Gasteiger partial charge in [-0.15, -0.1) is 11.3 Å². The molecule has 1 aromatic carbocycles. The van der Waals surface area contributed by atoms with Crippen molar-refractivity contribution in [2.75, 3.05) is 5.32 Å². The van der Waals surface area contributed by atoms with Gasteiger partial charge in [-0.1, -0.05) is 18.5 Å². The molecule has 124 valence electrons. The Kier molecular flexibility index (Phi) is 4.15. The molecule has 0 spiro atoms. The second-order valence-electron chi connectivity index (χ2n) is 6.46. The quantitative estimate of drug-likeness (QED) is 0.542. The highest BCUT2D eigenvalue weighted by Gasteiger charge is 2.24. The lowest BCUT2D eigenvalue weighted by Crippen LogP contribution is -2.09. The third-order valence-electron chi connectivity index (χ3n) is 4.57. The van der Waals surface area contributed by atoms with Gasteiger partial charge < -0.3 is 5.32 Å². The lowest BCUT2D eigenvalue weighted by atomic mass is 9.89. The van der Waals surface area contributed by atoms with Crippen LogP contribution in [0.3, 0.4) is 0 Å². The number of benzene rings is 1. The summed E-state index contributed by atoms with van der Waals surface area (Å²) in [4.78, 5) is 11.3. The van der Waals surface area contributed by atoms with Crippen molar-refractivity contribution < 1.29 is 0 Å². The average molecular weight is 378 g/mol. The zero-order valence-corrected chi connectivity index (χ0v) is 15.8. The van der Waals surface area contributed by atoms with Gasteiger partial charge >= 0.3 is 0 Å². The van der Waals surface area contributed by atoms with Gasteiger partial charge in [0.15, 0.2) is 0 Å². The van der Waals surface area contributed by atoms with Crippen molar-refractivity contribution in [3.05, 3.63) is 44.5 Å². The van der Waals surface area contributed by atoms with E-state index in [2.05, 4.69) is 22.2 Å². The number of nitrogens with zero attached hydrogens (tertiary/aromatic N) is 2. The smallest absolute Gasteiger partial charge is 0.225 e. The zero-order valence-electron chi connectivity index (χ0n) is 13.5. The summed E-state index contributed by atoms with van der Waals surface area (Å²) in [6, 6.07) is 5.79. The van der Waals surface area contributed by atoms with E-state index in [1.165, 1.54) is 16.9 Å². The molecule has 0 fully saturated rings. The molecule has 6 heteroatoms. The number of rotatable bonds is 2. The Morgan fingerprint density at radius 3 is 2.88 bits per heavy atom. The molecule has 2 heterocycles. The maximum Gasteiger partial charge on any atom is 0.225 e. The zero-order chi connectivity index (χ0) is 16.8. The Morgan fingerprint density at radius 1 is 1.25 bits per heavy atom. The van der Waals surface area contributed by atoms with Crippen LogP contribution in [0.25, 0.3) is 10.2 Å². The number of fused-ring (bicyclic) bond motifs is 3. The largest absolute Gasteiger partial charge is 0.339 e. The van der Waals surface area contributed by atoms with Crippen molar-refractivity contribution in [2.24, 2.45) is 5.92 Å². The Balaban J connectivity index is 1.85. The van der Waals surface area contributed by atoms with E-state index < -0.39 is 0 Å². The summed E-state index contributed by atoms with van der Waals surface area (Å²) in [5.41, 5.74) is 3.45. The van der Waals surface area contributed by atoms with E-state index >= 15 is 0 Å². The molecular formula is C18H17Cl2N3S. The van der Waals surface area contributed by atoms with Crippen LogP contribution in [0.4, 0.5) is 11.5 Å². The van der Waals surface area contributed by atoms with Crippen molar-refractivity contribution in [1.82, 2.24) is 9.97 Å². The molecule has 1 aliphatic carbocycles. The monoisotopic (exact) mass is 377 g/mol. The molecule has 0 amide bonds. The van der Waals surface area contributed by atoms with E-state index in [1.54, 1.807) is 11.3 Å². The SMILES string of the molecule is Cc1cc(Cl)ccc1Nc1nc(Cl)nc2sc3c(c12)CCC(C)C3. The second kappa shape index (κ2) is 6.17. The standard InChI is InChI=1S/C18H17Cl2N3S/c1-9-3-5-12-14(7-9)24-17-15(12)16(22-18(20)23-17)21-13-6-4-11(19)8-10(13)2/h4,6,8-9H,3,5,7H2,1-2H3,(H,21,22,23). The van der Waals surface area contributed by atoms with Crippen LogP contribution in [0.2, 0.25) is 10.3 Å². The fourth-order valence-corrected chi connectivity index (χ4v) is 5.13. The van der Waals surface area contributed by atoms with Gasteiger partial charge in [0.1, 0.15) is 10.6 Å². The summed E-state index contributed by atoms with van der Waals surface area (Å²) in [7, 11) is 0. The third-order valence-corrected chi connectivity index (χ3v) is 6.12. The van der Waals surface area contributed by atoms with Gasteiger partial charge in [0.25, 0.3) is 0 Å². The molecule has 0 radical (unpaired) electrons. The van der Waals surface area contributed by atoms with Crippen molar-refractivity contribution in [1.29, 1.82) is 0 Å². The van der Waals surface area contributed by atoms with Crippen molar-refractivity contribution >= 4 is 56.3 Å². The molecule has 0 saturated heterocycles. The number of thiophene rings is 1. The van der Waals surface area contributed by atoms with Gasteiger partial charge in [0, 0.05) is 15.6 Å². The minimum absolute atomic E-state index is 0.281. The molecule has 3 nitrogen and oxygen atoms in total. The van der Waals surface area contributed by atoms with Gasteiger partial charge in [-0.25, -0.2) is 4.98 Å².